The van der Waals surface area contributed by atoms with Gasteiger partial charge in [-0.3, -0.25) is 9.36 Å². The Bertz CT molecular complexity index is 488. The van der Waals surface area contributed by atoms with Crippen LogP contribution in [0.1, 0.15) is 11.3 Å². The van der Waals surface area contributed by atoms with Crippen molar-refractivity contribution in [3.63, 3.8) is 0 Å². The molecule has 17 heavy (non-hydrogen) atoms. The molecule has 2 rings (SSSR count). The lowest BCUT2D eigenvalue weighted by Gasteiger charge is -2.04. The molecule has 0 aliphatic rings. The maximum atomic E-state index is 12.2. The van der Waals surface area contributed by atoms with E-state index in [0.29, 0.717) is 13.1 Å². The van der Waals surface area contributed by atoms with E-state index in [2.05, 4.69) is 15.5 Å². The van der Waals surface area contributed by atoms with Gasteiger partial charge in [-0.1, -0.05) is 0 Å². The minimum atomic E-state index is -0.401. The summed E-state index contributed by atoms with van der Waals surface area (Å²) in [4.78, 5) is 0. The lowest BCUT2D eigenvalue weighted by molar-refractivity contribution is 0.427. The Balaban J connectivity index is 2.01. The molecule has 0 radical (unpaired) electrons. The lowest BCUT2D eigenvalue weighted by Crippen LogP contribution is -2.07. The molecule has 2 aromatic heterocycles. The van der Waals surface area contributed by atoms with Gasteiger partial charge in [-0.15, -0.1) is 0 Å². The van der Waals surface area contributed by atoms with Gasteiger partial charge in [0.05, 0.1) is 18.8 Å². The van der Waals surface area contributed by atoms with Gasteiger partial charge in [-0.05, 0) is 13.0 Å². The van der Waals surface area contributed by atoms with E-state index in [1.165, 1.54) is 0 Å². The van der Waals surface area contributed by atoms with E-state index in [9.17, 15) is 4.39 Å². The first kappa shape index (κ1) is 11.6. The molecule has 0 saturated heterocycles. The third-order valence-electron chi connectivity index (χ3n) is 2.62. The summed E-state index contributed by atoms with van der Waals surface area (Å²) in [7, 11) is 1.89. The summed E-state index contributed by atoms with van der Waals surface area (Å²) in [5.74, 6) is 0.791. The van der Waals surface area contributed by atoms with E-state index in [-0.39, 0.29) is 0 Å². The molecule has 0 aromatic carbocycles. The second kappa shape index (κ2) is 4.99. The molecule has 0 spiro atoms. The molecular weight excluding hydrogens is 221 g/mol. The molecule has 0 bridgehead atoms. The number of hydrogen-bond donors (Lipinski definition) is 1. The number of rotatable bonds is 5. The average Bonchev–Trinajstić information content (AvgIpc) is 2.83. The molecule has 5 nitrogen and oxygen atoms in total. The number of nitrogens with zero attached hydrogens (tertiary/aromatic N) is 4. The van der Waals surface area contributed by atoms with E-state index in [0.717, 1.165) is 17.1 Å². The number of aromatic nitrogens is 4. The fourth-order valence-corrected chi connectivity index (χ4v) is 1.65. The molecule has 0 amide bonds. The second-order valence-electron chi connectivity index (χ2n) is 3.91. The van der Waals surface area contributed by atoms with Gasteiger partial charge in [-0.2, -0.15) is 10.2 Å². The Morgan fingerprint density at radius 1 is 1.47 bits per heavy atom. The number of aryl methyl sites for hydroxylation is 3. The SMILES string of the molecule is Cc1cn(CCF)nc1NCc1ccnn1C. The van der Waals surface area contributed by atoms with Crippen LogP contribution in [0.5, 0.6) is 0 Å². The van der Waals surface area contributed by atoms with Gasteiger partial charge in [-0.25, -0.2) is 4.39 Å². The Kier molecular flexibility index (Phi) is 3.41. The van der Waals surface area contributed by atoms with E-state index in [1.807, 2.05) is 26.2 Å². The molecule has 0 saturated carbocycles. The van der Waals surface area contributed by atoms with Crippen LogP contribution < -0.4 is 5.32 Å². The third kappa shape index (κ3) is 2.64. The minimum Gasteiger partial charge on any atom is -0.363 e. The molecule has 2 heterocycles. The number of halogens is 1. The van der Waals surface area contributed by atoms with Crippen LogP contribution in [-0.2, 0) is 20.1 Å². The van der Waals surface area contributed by atoms with Crippen molar-refractivity contribution in [3.8, 4) is 0 Å². The van der Waals surface area contributed by atoms with Crippen molar-refractivity contribution in [2.45, 2.75) is 20.0 Å². The first-order valence-corrected chi connectivity index (χ1v) is 5.51. The van der Waals surface area contributed by atoms with E-state index >= 15 is 0 Å². The van der Waals surface area contributed by atoms with Crippen molar-refractivity contribution in [2.24, 2.45) is 7.05 Å². The van der Waals surface area contributed by atoms with Gasteiger partial charge in [0.25, 0.3) is 0 Å². The second-order valence-corrected chi connectivity index (χ2v) is 3.91. The highest BCUT2D eigenvalue weighted by Gasteiger charge is 2.05. The molecule has 0 fully saturated rings. The quantitative estimate of drug-likeness (QED) is 0.857. The Morgan fingerprint density at radius 2 is 2.29 bits per heavy atom. The van der Waals surface area contributed by atoms with Crippen molar-refractivity contribution in [2.75, 3.05) is 12.0 Å². The average molecular weight is 237 g/mol. The van der Waals surface area contributed by atoms with Crippen LogP contribution in [0.3, 0.4) is 0 Å². The maximum Gasteiger partial charge on any atom is 0.151 e. The molecule has 0 unspecified atom stereocenters. The van der Waals surface area contributed by atoms with Crippen LogP contribution in [0.2, 0.25) is 0 Å². The lowest BCUT2D eigenvalue weighted by atomic mass is 10.3. The Labute approximate surface area is 99.2 Å². The summed E-state index contributed by atoms with van der Waals surface area (Å²) < 4.78 is 15.6. The van der Waals surface area contributed by atoms with Gasteiger partial charge in [0.2, 0.25) is 0 Å². The third-order valence-corrected chi connectivity index (χ3v) is 2.62. The van der Waals surface area contributed by atoms with Crippen molar-refractivity contribution in [1.82, 2.24) is 19.6 Å². The Hall–Kier alpha value is -1.85. The normalized spacial score (nSPS) is 10.8. The zero-order valence-electron chi connectivity index (χ0n) is 10.0. The van der Waals surface area contributed by atoms with Gasteiger partial charge in [0, 0.05) is 25.0 Å². The first-order chi connectivity index (χ1) is 8.20. The number of nitrogens with one attached hydrogen (secondary N) is 1. The highest BCUT2D eigenvalue weighted by Crippen LogP contribution is 2.12. The Morgan fingerprint density at radius 3 is 2.94 bits per heavy atom. The summed E-state index contributed by atoms with van der Waals surface area (Å²) in [6.45, 7) is 2.51. The van der Waals surface area contributed by atoms with Crippen LogP contribution >= 0.6 is 0 Å². The summed E-state index contributed by atoms with van der Waals surface area (Å²) in [5, 5.41) is 11.6. The topological polar surface area (TPSA) is 47.7 Å². The van der Waals surface area contributed by atoms with E-state index in [4.69, 9.17) is 0 Å². The minimum absolute atomic E-state index is 0.300. The fraction of sp³-hybridized carbons (Fsp3) is 0.455. The molecule has 6 heteroatoms. The number of anilines is 1. The number of hydrogen-bond acceptors (Lipinski definition) is 3. The summed E-state index contributed by atoms with van der Waals surface area (Å²) >= 11 is 0. The van der Waals surface area contributed by atoms with E-state index in [1.54, 1.807) is 15.6 Å². The number of alkyl halides is 1. The molecule has 0 aliphatic heterocycles. The first-order valence-electron chi connectivity index (χ1n) is 5.51. The molecule has 2 aromatic rings. The highest BCUT2D eigenvalue weighted by atomic mass is 19.1. The zero-order valence-corrected chi connectivity index (χ0v) is 10.0. The van der Waals surface area contributed by atoms with Crippen LogP contribution in [0, 0.1) is 6.92 Å². The van der Waals surface area contributed by atoms with Crippen molar-refractivity contribution in [3.05, 3.63) is 29.7 Å². The maximum absolute atomic E-state index is 12.2. The van der Waals surface area contributed by atoms with Crippen molar-refractivity contribution in [1.29, 1.82) is 0 Å². The summed E-state index contributed by atoms with van der Waals surface area (Å²) in [6, 6.07) is 1.95. The van der Waals surface area contributed by atoms with Gasteiger partial charge in [0.15, 0.2) is 5.82 Å². The smallest absolute Gasteiger partial charge is 0.151 e. The molecule has 1 N–H and O–H groups in total. The monoisotopic (exact) mass is 237 g/mol. The largest absolute Gasteiger partial charge is 0.363 e. The van der Waals surface area contributed by atoms with E-state index < -0.39 is 6.67 Å². The summed E-state index contributed by atoms with van der Waals surface area (Å²) in [5.41, 5.74) is 2.09. The zero-order chi connectivity index (χ0) is 12.3. The van der Waals surface area contributed by atoms with Crippen LogP contribution in [0.4, 0.5) is 10.2 Å². The van der Waals surface area contributed by atoms with Gasteiger partial charge >= 0.3 is 0 Å². The standard InChI is InChI=1S/C11H16FN5/c1-9-8-17(6-4-12)15-11(9)13-7-10-3-5-14-16(10)2/h3,5,8H,4,6-7H2,1-2H3,(H,13,15). The van der Waals surface area contributed by atoms with Crippen molar-refractivity contribution >= 4 is 5.82 Å². The van der Waals surface area contributed by atoms with Gasteiger partial charge in [0.1, 0.15) is 6.67 Å². The molecular formula is C11H16FN5. The van der Waals surface area contributed by atoms with Crippen molar-refractivity contribution < 1.29 is 4.39 Å². The molecule has 92 valence electrons. The molecule has 0 atom stereocenters. The van der Waals surface area contributed by atoms with Crippen LogP contribution in [-0.4, -0.2) is 26.2 Å². The van der Waals surface area contributed by atoms with Crippen LogP contribution in [0.15, 0.2) is 18.5 Å². The van der Waals surface area contributed by atoms with Crippen LogP contribution in [0.25, 0.3) is 0 Å². The highest BCUT2D eigenvalue weighted by molar-refractivity contribution is 5.42. The molecule has 0 aliphatic carbocycles. The van der Waals surface area contributed by atoms with Gasteiger partial charge < -0.3 is 5.32 Å². The predicted octanol–water partition coefficient (Wildman–Crippen LogP) is 1.51. The fourth-order valence-electron chi connectivity index (χ4n) is 1.65. The summed E-state index contributed by atoms with van der Waals surface area (Å²) in [6.07, 6.45) is 3.59. The predicted molar refractivity (Wildman–Crippen MR) is 63.5 cm³/mol.